The number of carboxylic acid groups (broad SMARTS) is 1. The van der Waals surface area contributed by atoms with Crippen LogP contribution in [0.1, 0.15) is 19.3 Å². The molecule has 2 aromatic rings. The maximum absolute atomic E-state index is 12.5. The van der Waals surface area contributed by atoms with E-state index in [0.717, 1.165) is 5.39 Å². The molecule has 0 atom stereocenters. The number of ether oxygens (including phenoxy) is 1. The summed E-state index contributed by atoms with van der Waals surface area (Å²) >= 11 is 0. The predicted molar refractivity (Wildman–Crippen MR) is 87.2 cm³/mol. The highest BCUT2D eigenvalue weighted by atomic mass is 32.2. The maximum atomic E-state index is 12.5. The minimum Gasteiger partial charge on any atom is -0.496 e. The van der Waals surface area contributed by atoms with Crippen molar-refractivity contribution in [2.24, 2.45) is 0 Å². The topological polar surface area (TPSA) is 92.7 Å². The molecular weight excluding hydrogens is 318 g/mol. The maximum Gasteiger partial charge on any atom is 0.303 e. The van der Waals surface area contributed by atoms with Gasteiger partial charge in [-0.3, -0.25) is 4.79 Å². The first-order valence-corrected chi connectivity index (χ1v) is 8.71. The van der Waals surface area contributed by atoms with Gasteiger partial charge in [-0.25, -0.2) is 13.1 Å². The summed E-state index contributed by atoms with van der Waals surface area (Å²) in [6.45, 7) is 0.204. The minimum atomic E-state index is -3.67. The Morgan fingerprint density at radius 1 is 1.13 bits per heavy atom. The Balaban J connectivity index is 2.20. The van der Waals surface area contributed by atoms with Gasteiger partial charge in [0.05, 0.1) is 12.0 Å². The van der Waals surface area contributed by atoms with Crippen molar-refractivity contribution in [3.05, 3.63) is 36.4 Å². The molecule has 0 saturated heterocycles. The lowest BCUT2D eigenvalue weighted by Crippen LogP contribution is -2.25. The number of hydrogen-bond acceptors (Lipinski definition) is 4. The van der Waals surface area contributed by atoms with Crippen LogP contribution >= 0.6 is 0 Å². The lowest BCUT2D eigenvalue weighted by atomic mass is 10.1. The molecule has 23 heavy (non-hydrogen) atoms. The number of unbranched alkanes of at least 4 members (excludes halogenated alkanes) is 1. The van der Waals surface area contributed by atoms with Gasteiger partial charge in [-0.1, -0.05) is 24.3 Å². The van der Waals surface area contributed by atoms with Crippen LogP contribution in [0.2, 0.25) is 0 Å². The van der Waals surface area contributed by atoms with Gasteiger partial charge in [-0.05, 0) is 25.0 Å². The number of fused-ring (bicyclic) bond motifs is 1. The third-order valence-electron chi connectivity index (χ3n) is 3.46. The molecule has 0 aromatic heterocycles. The molecule has 0 amide bonds. The number of nitrogens with one attached hydrogen (secondary N) is 1. The number of aliphatic carboxylic acids is 1. The summed E-state index contributed by atoms with van der Waals surface area (Å²) in [6.07, 6.45) is 0.939. The fourth-order valence-electron chi connectivity index (χ4n) is 2.34. The highest BCUT2D eigenvalue weighted by Crippen LogP contribution is 2.30. The molecule has 6 nitrogen and oxygen atoms in total. The fourth-order valence-corrected chi connectivity index (χ4v) is 3.62. The zero-order valence-electron chi connectivity index (χ0n) is 12.8. The molecule has 0 radical (unpaired) electrons. The molecule has 0 spiro atoms. The van der Waals surface area contributed by atoms with Crippen molar-refractivity contribution >= 4 is 26.8 Å². The van der Waals surface area contributed by atoms with E-state index in [1.807, 2.05) is 6.07 Å². The van der Waals surface area contributed by atoms with Crippen LogP contribution in [-0.2, 0) is 14.8 Å². The molecule has 2 aromatic carbocycles. The van der Waals surface area contributed by atoms with Crippen LogP contribution in [0.25, 0.3) is 10.8 Å². The SMILES string of the molecule is COc1ccc(S(=O)(=O)NCCCCC(=O)O)c2ccccc12. The highest BCUT2D eigenvalue weighted by molar-refractivity contribution is 7.89. The van der Waals surface area contributed by atoms with E-state index in [9.17, 15) is 13.2 Å². The van der Waals surface area contributed by atoms with Crippen LogP contribution in [0, 0.1) is 0 Å². The molecule has 0 aliphatic rings. The molecule has 0 bridgehead atoms. The smallest absolute Gasteiger partial charge is 0.303 e. The Morgan fingerprint density at radius 2 is 1.83 bits per heavy atom. The first-order valence-electron chi connectivity index (χ1n) is 7.23. The molecule has 0 unspecified atom stereocenters. The van der Waals surface area contributed by atoms with E-state index in [-0.39, 0.29) is 17.9 Å². The average molecular weight is 337 g/mol. The summed E-state index contributed by atoms with van der Waals surface area (Å²) in [5.41, 5.74) is 0. The molecule has 0 fully saturated rings. The number of carboxylic acids is 1. The number of benzene rings is 2. The van der Waals surface area contributed by atoms with Gasteiger partial charge in [0.15, 0.2) is 0 Å². The van der Waals surface area contributed by atoms with Crippen LogP contribution in [0.4, 0.5) is 0 Å². The van der Waals surface area contributed by atoms with E-state index < -0.39 is 16.0 Å². The number of hydrogen-bond donors (Lipinski definition) is 2. The Kier molecular flexibility index (Phi) is 5.57. The molecule has 0 aliphatic carbocycles. The van der Waals surface area contributed by atoms with Crippen LogP contribution in [0.5, 0.6) is 5.75 Å². The van der Waals surface area contributed by atoms with Gasteiger partial charge in [0.25, 0.3) is 0 Å². The van der Waals surface area contributed by atoms with E-state index in [1.54, 1.807) is 24.3 Å². The molecule has 2 rings (SSSR count). The zero-order valence-corrected chi connectivity index (χ0v) is 13.6. The van der Waals surface area contributed by atoms with E-state index >= 15 is 0 Å². The molecule has 124 valence electrons. The van der Waals surface area contributed by atoms with Crippen LogP contribution < -0.4 is 9.46 Å². The van der Waals surface area contributed by atoms with Gasteiger partial charge in [0.2, 0.25) is 10.0 Å². The monoisotopic (exact) mass is 337 g/mol. The first-order chi connectivity index (χ1) is 11.0. The van der Waals surface area contributed by atoms with E-state index in [2.05, 4.69) is 4.72 Å². The van der Waals surface area contributed by atoms with Crippen LogP contribution in [0.3, 0.4) is 0 Å². The van der Waals surface area contributed by atoms with Crippen LogP contribution in [0.15, 0.2) is 41.3 Å². The third-order valence-corrected chi connectivity index (χ3v) is 4.98. The summed E-state index contributed by atoms with van der Waals surface area (Å²) in [7, 11) is -2.13. The molecular formula is C16H19NO5S. The Bertz CT molecular complexity index is 801. The zero-order chi connectivity index (χ0) is 16.9. The van der Waals surface area contributed by atoms with Crippen molar-refractivity contribution in [2.75, 3.05) is 13.7 Å². The first kappa shape index (κ1) is 17.2. The predicted octanol–water partition coefficient (Wildman–Crippen LogP) is 2.38. The lowest BCUT2D eigenvalue weighted by Gasteiger charge is -2.12. The third kappa shape index (κ3) is 4.20. The van der Waals surface area contributed by atoms with Crippen molar-refractivity contribution in [1.29, 1.82) is 0 Å². The van der Waals surface area contributed by atoms with E-state index in [0.29, 0.717) is 24.0 Å². The normalized spacial score (nSPS) is 11.5. The Labute approximate surface area is 135 Å². The van der Waals surface area contributed by atoms with Crippen molar-refractivity contribution in [2.45, 2.75) is 24.2 Å². The summed E-state index contributed by atoms with van der Waals surface area (Å²) in [6, 6.07) is 10.3. The minimum absolute atomic E-state index is 0.0349. The van der Waals surface area contributed by atoms with Crippen molar-refractivity contribution in [3.63, 3.8) is 0 Å². The highest BCUT2D eigenvalue weighted by Gasteiger charge is 2.18. The van der Waals surface area contributed by atoms with Gasteiger partial charge in [-0.2, -0.15) is 0 Å². The van der Waals surface area contributed by atoms with Gasteiger partial charge in [0, 0.05) is 23.7 Å². The largest absolute Gasteiger partial charge is 0.496 e. The average Bonchev–Trinajstić information content (AvgIpc) is 2.53. The number of sulfonamides is 1. The lowest BCUT2D eigenvalue weighted by molar-refractivity contribution is -0.137. The summed E-state index contributed by atoms with van der Waals surface area (Å²) in [4.78, 5) is 10.6. The molecule has 0 heterocycles. The number of rotatable bonds is 8. The van der Waals surface area contributed by atoms with Crippen molar-refractivity contribution in [3.8, 4) is 5.75 Å². The van der Waals surface area contributed by atoms with E-state index in [1.165, 1.54) is 13.2 Å². The molecule has 7 heteroatoms. The molecule has 0 aliphatic heterocycles. The van der Waals surface area contributed by atoms with Gasteiger partial charge >= 0.3 is 5.97 Å². The van der Waals surface area contributed by atoms with E-state index in [4.69, 9.17) is 9.84 Å². The molecule has 0 saturated carbocycles. The Morgan fingerprint density at radius 3 is 2.48 bits per heavy atom. The van der Waals surface area contributed by atoms with Crippen molar-refractivity contribution in [1.82, 2.24) is 4.72 Å². The van der Waals surface area contributed by atoms with Crippen LogP contribution in [-0.4, -0.2) is 33.1 Å². The van der Waals surface area contributed by atoms with Crippen molar-refractivity contribution < 1.29 is 23.1 Å². The van der Waals surface area contributed by atoms with Gasteiger partial charge < -0.3 is 9.84 Å². The standard InChI is InChI=1S/C16H19NO5S/c1-22-14-9-10-15(13-7-3-2-6-12(13)14)23(20,21)17-11-5-4-8-16(18)19/h2-3,6-7,9-10,17H,4-5,8,11H2,1H3,(H,18,19). The summed E-state index contributed by atoms with van der Waals surface area (Å²) < 4.78 is 32.7. The second-order valence-electron chi connectivity index (χ2n) is 5.06. The van der Waals surface area contributed by atoms with Gasteiger partial charge in [0.1, 0.15) is 5.75 Å². The fraction of sp³-hybridized carbons (Fsp3) is 0.312. The number of methoxy groups -OCH3 is 1. The Hall–Kier alpha value is -2.12. The quantitative estimate of drug-likeness (QED) is 0.722. The summed E-state index contributed by atoms with van der Waals surface area (Å²) in [5.74, 6) is -0.269. The molecule has 2 N–H and O–H groups in total. The summed E-state index contributed by atoms with van der Waals surface area (Å²) in [5, 5.41) is 9.88. The van der Waals surface area contributed by atoms with Gasteiger partial charge in [-0.15, -0.1) is 0 Å². The second-order valence-corrected chi connectivity index (χ2v) is 6.80. The second kappa shape index (κ2) is 7.43. The number of carbonyl (C=O) groups is 1.